The van der Waals surface area contributed by atoms with E-state index >= 15 is 8.78 Å². The van der Waals surface area contributed by atoms with Gasteiger partial charge in [0, 0.05) is 34.9 Å². The number of sulfonamides is 1. The summed E-state index contributed by atoms with van der Waals surface area (Å²) in [5.74, 6) is -5.43. The zero-order valence-electron chi connectivity index (χ0n) is 33.4. The fraction of sp³-hybridized carbons (Fsp3) is 0.385. The van der Waals surface area contributed by atoms with Crippen LogP contribution in [0.1, 0.15) is 66.1 Å². The van der Waals surface area contributed by atoms with Crippen molar-refractivity contribution >= 4 is 54.1 Å². The molecule has 2 N–H and O–H groups in total. The third kappa shape index (κ3) is 9.24. The van der Waals surface area contributed by atoms with Crippen LogP contribution >= 0.6 is 11.6 Å². The van der Waals surface area contributed by atoms with Gasteiger partial charge in [-0.3, -0.25) is 18.9 Å². The van der Waals surface area contributed by atoms with E-state index in [1.54, 1.807) is 0 Å². The van der Waals surface area contributed by atoms with Crippen LogP contribution in [0, 0.1) is 29.4 Å². The number of nitrogens with one attached hydrogen (secondary N) is 2. The van der Waals surface area contributed by atoms with Crippen molar-refractivity contribution < 1.29 is 65.5 Å². The van der Waals surface area contributed by atoms with Crippen LogP contribution in [0.4, 0.5) is 49.7 Å². The highest BCUT2D eigenvalue weighted by Crippen LogP contribution is 2.68. The summed E-state index contributed by atoms with van der Waals surface area (Å²) in [6.45, 7) is -0.547. The molecule has 25 heteroatoms. The summed E-state index contributed by atoms with van der Waals surface area (Å²) in [6, 6.07) is 5.24. The predicted molar refractivity (Wildman–Crippen MR) is 211 cm³/mol. The summed E-state index contributed by atoms with van der Waals surface area (Å²) in [7, 11) is -8.06. The van der Waals surface area contributed by atoms with Crippen molar-refractivity contribution in [3.8, 4) is 23.0 Å². The lowest BCUT2D eigenvalue weighted by molar-refractivity contribution is -0.142. The van der Waals surface area contributed by atoms with E-state index in [0.29, 0.717) is 17.0 Å². The van der Waals surface area contributed by atoms with Crippen molar-refractivity contribution in [2.45, 2.75) is 74.8 Å². The number of halogens is 11. The van der Waals surface area contributed by atoms with Crippen LogP contribution in [-0.2, 0) is 56.3 Å². The summed E-state index contributed by atoms with van der Waals surface area (Å²) in [4.78, 5) is 18.5. The first-order valence-corrected chi connectivity index (χ1v) is 22.8. The van der Waals surface area contributed by atoms with Crippen molar-refractivity contribution in [3.05, 3.63) is 93.0 Å². The fourth-order valence-electron chi connectivity index (χ4n) is 7.52. The normalized spacial score (nSPS) is 17.7. The SMILES string of the molecule is CC(C)(C#Cc1ccc(-c2ccc(Cl)c3c(NS(C)(=O)=O)nn(CC(F)(F)F)c23)c(C(Cc2cc(F)cc(F)c2)NC(=O)Cn2nc(C(F)(F)F)c3c2C(F)(F)C2CC32)n1)S(C)(=O)=O. The molecule has 1 saturated carbocycles. The Morgan fingerprint density at radius 2 is 1.59 bits per heavy atom. The van der Waals surface area contributed by atoms with Gasteiger partial charge < -0.3 is 5.32 Å². The molecule has 3 unspecified atom stereocenters. The van der Waals surface area contributed by atoms with Crippen LogP contribution in [0.15, 0.2) is 42.5 Å². The molecule has 3 atom stereocenters. The lowest BCUT2D eigenvalue weighted by Gasteiger charge is -2.23. The number of sulfone groups is 1. The Kier molecular flexibility index (Phi) is 11.4. The first-order valence-electron chi connectivity index (χ1n) is 18.6. The maximum absolute atomic E-state index is 15.5. The number of carbonyl (C=O) groups excluding carboxylic acids is 1. The second kappa shape index (κ2) is 15.6. The smallest absolute Gasteiger partial charge is 0.346 e. The van der Waals surface area contributed by atoms with Gasteiger partial charge in [-0.15, -0.1) is 0 Å². The Balaban J connectivity index is 1.45. The molecule has 0 aliphatic heterocycles. The van der Waals surface area contributed by atoms with E-state index < -0.39 is 126 Å². The topological polar surface area (TPSA) is 158 Å². The summed E-state index contributed by atoms with van der Waals surface area (Å²) in [5, 5.41) is 9.01. The number of fused-ring (bicyclic) bond motifs is 4. The van der Waals surface area contributed by atoms with E-state index in [-0.39, 0.29) is 49.6 Å². The predicted octanol–water partition coefficient (Wildman–Crippen LogP) is 7.66. The molecule has 5 aromatic rings. The number of benzene rings is 2. The van der Waals surface area contributed by atoms with Gasteiger partial charge in [0.25, 0.3) is 5.92 Å². The highest BCUT2D eigenvalue weighted by Gasteiger charge is 2.68. The van der Waals surface area contributed by atoms with Gasteiger partial charge in [-0.2, -0.15) is 45.3 Å². The molecule has 0 bridgehead atoms. The quantitative estimate of drug-likeness (QED) is 0.101. The fourth-order valence-corrected chi connectivity index (χ4v) is 8.50. The molecular formula is C39H32ClF10N7O5S2. The van der Waals surface area contributed by atoms with Crippen LogP contribution < -0.4 is 10.0 Å². The number of pyridine rings is 1. The standard InChI is InChI=1S/C39H32ClF10N7O5S2/c1-36(2,63(3,59)60)10-9-21-5-6-22(23-7-8-26(40)30-32(23)57(17-37(43,44)45)54-35(30)55-64(4,61)62)31(51-21)27(13-18-11-19(41)14-20(42)12-18)52-28(58)16-56-34-29(33(53-56)39(48,49)50)24-15-25(24)38(34,46)47/h5-8,11-12,14,24-25,27H,13,15-17H2,1-4H3,(H,52,58)(H,54,55). The molecule has 0 radical (unpaired) electrons. The van der Waals surface area contributed by atoms with E-state index in [4.69, 9.17) is 11.6 Å². The molecule has 3 heterocycles. The molecule has 2 aliphatic rings. The first kappa shape index (κ1) is 46.6. The number of hydrogen-bond donors (Lipinski definition) is 2. The Morgan fingerprint density at radius 1 is 0.953 bits per heavy atom. The van der Waals surface area contributed by atoms with Gasteiger partial charge in [0.05, 0.1) is 33.9 Å². The largest absolute Gasteiger partial charge is 0.435 e. The van der Waals surface area contributed by atoms with Crippen molar-refractivity contribution in [1.82, 2.24) is 29.9 Å². The van der Waals surface area contributed by atoms with Gasteiger partial charge in [0.1, 0.15) is 40.9 Å². The van der Waals surface area contributed by atoms with Gasteiger partial charge in [-0.25, -0.2) is 30.6 Å². The number of rotatable bonds is 11. The van der Waals surface area contributed by atoms with Crippen molar-refractivity contribution in [3.63, 3.8) is 0 Å². The van der Waals surface area contributed by atoms with Crippen LogP contribution in [-0.4, -0.2) is 70.7 Å². The molecule has 3 aromatic heterocycles. The summed E-state index contributed by atoms with van der Waals surface area (Å²) in [6.07, 6.45) is -9.46. The van der Waals surface area contributed by atoms with Gasteiger partial charge in [-0.05, 0) is 74.4 Å². The van der Waals surface area contributed by atoms with Gasteiger partial charge in [0.15, 0.2) is 21.3 Å². The molecule has 2 aromatic carbocycles. The maximum atomic E-state index is 15.5. The van der Waals surface area contributed by atoms with E-state index in [2.05, 4.69) is 32.3 Å². The third-order valence-electron chi connectivity index (χ3n) is 10.6. The molecule has 0 saturated heterocycles. The highest BCUT2D eigenvalue weighted by molar-refractivity contribution is 7.92. The summed E-state index contributed by atoms with van der Waals surface area (Å²) >= 11 is 6.46. The van der Waals surface area contributed by atoms with Crippen molar-refractivity contribution in [2.75, 3.05) is 17.2 Å². The molecule has 12 nitrogen and oxygen atoms in total. The average molecular weight is 968 g/mol. The molecule has 2 aliphatic carbocycles. The minimum absolute atomic E-state index is 0.195. The van der Waals surface area contributed by atoms with E-state index in [1.165, 1.54) is 32.0 Å². The second-order valence-electron chi connectivity index (χ2n) is 15.9. The Bertz CT molecular complexity index is 3030. The average Bonchev–Trinajstić information content (AvgIpc) is 3.66. The molecule has 1 fully saturated rings. The lowest BCUT2D eigenvalue weighted by Crippen LogP contribution is -2.35. The lowest BCUT2D eigenvalue weighted by atomic mass is 9.93. The molecular weight excluding hydrogens is 936 g/mol. The van der Waals surface area contributed by atoms with Crippen molar-refractivity contribution in [1.29, 1.82) is 0 Å². The molecule has 1 amide bonds. The zero-order chi connectivity index (χ0) is 47.3. The van der Waals surface area contributed by atoms with E-state index in [1.807, 2.05) is 4.72 Å². The second-order valence-corrected chi connectivity index (χ2v) is 20.6. The maximum Gasteiger partial charge on any atom is 0.435 e. The molecule has 0 spiro atoms. The Morgan fingerprint density at radius 3 is 2.19 bits per heavy atom. The minimum atomic E-state index is -5.19. The van der Waals surface area contributed by atoms with Crippen molar-refractivity contribution in [2.24, 2.45) is 5.92 Å². The number of alkyl halides is 8. The van der Waals surface area contributed by atoms with Crippen LogP contribution in [0.5, 0.6) is 0 Å². The minimum Gasteiger partial charge on any atom is -0.346 e. The number of aromatic nitrogens is 5. The number of carbonyl (C=O) groups is 1. The highest BCUT2D eigenvalue weighted by atomic mass is 35.5. The van der Waals surface area contributed by atoms with Gasteiger partial charge in [0.2, 0.25) is 15.9 Å². The number of hydrogen-bond acceptors (Lipinski definition) is 8. The van der Waals surface area contributed by atoms with Crippen LogP contribution in [0.3, 0.4) is 0 Å². The van der Waals surface area contributed by atoms with E-state index in [9.17, 15) is 56.8 Å². The number of anilines is 1. The zero-order valence-corrected chi connectivity index (χ0v) is 35.7. The third-order valence-corrected chi connectivity index (χ3v) is 13.4. The monoisotopic (exact) mass is 967 g/mol. The van der Waals surface area contributed by atoms with Gasteiger partial charge >= 0.3 is 12.4 Å². The van der Waals surface area contributed by atoms with Crippen LogP contribution in [0.25, 0.3) is 22.0 Å². The first-order chi connectivity index (χ1) is 29.3. The number of amides is 1. The summed E-state index contributed by atoms with van der Waals surface area (Å²) < 4.78 is 195. The Labute approximate surface area is 362 Å². The van der Waals surface area contributed by atoms with Crippen LogP contribution in [0.2, 0.25) is 5.02 Å². The Hall–Kier alpha value is -5.41. The van der Waals surface area contributed by atoms with Gasteiger partial charge in [-0.1, -0.05) is 23.6 Å². The van der Waals surface area contributed by atoms with E-state index in [0.717, 1.165) is 24.5 Å². The number of nitrogens with zero attached hydrogens (tertiary/aromatic N) is 5. The summed E-state index contributed by atoms with van der Waals surface area (Å²) in [5.41, 5.74) is -5.17. The molecule has 64 heavy (non-hydrogen) atoms. The molecule has 342 valence electrons. The molecule has 7 rings (SSSR count).